The highest BCUT2D eigenvalue weighted by Crippen LogP contribution is 2.45. The van der Waals surface area contributed by atoms with E-state index in [0.717, 1.165) is 53.6 Å². The van der Waals surface area contributed by atoms with Gasteiger partial charge in [-0.05, 0) is 74.7 Å². The molecule has 3 aromatic rings. The van der Waals surface area contributed by atoms with Crippen molar-refractivity contribution in [3.05, 3.63) is 59.3 Å². The summed E-state index contributed by atoms with van der Waals surface area (Å²) in [5, 5.41) is 4.04. The summed E-state index contributed by atoms with van der Waals surface area (Å²) in [4.78, 5) is 46.3. The molecule has 8 heteroatoms. The summed E-state index contributed by atoms with van der Waals surface area (Å²) < 4.78 is 5.39. The maximum atomic E-state index is 13.9. The number of anilines is 1. The Morgan fingerprint density at radius 2 is 1.92 bits per heavy atom. The van der Waals surface area contributed by atoms with Crippen LogP contribution in [0.5, 0.6) is 5.75 Å². The summed E-state index contributed by atoms with van der Waals surface area (Å²) in [5.41, 5.74) is 2.51. The van der Waals surface area contributed by atoms with Crippen molar-refractivity contribution in [2.24, 2.45) is 0 Å². The molecule has 1 aromatic heterocycles. The molecule has 2 aliphatic rings. The Morgan fingerprint density at radius 1 is 1.16 bits per heavy atom. The number of methoxy groups -OCH3 is 1. The number of aromatic nitrogens is 1. The van der Waals surface area contributed by atoms with Crippen LogP contribution in [0, 0.1) is 0 Å². The monoisotopic (exact) mass is 502 g/mol. The van der Waals surface area contributed by atoms with Crippen molar-refractivity contribution in [2.45, 2.75) is 64.5 Å². The number of hydrogen-bond acceptors (Lipinski definition) is 4. The third kappa shape index (κ3) is 4.04. The van der Waals surface area contributed by atoms with E-state index in [1.807, 2.05) is 25.1 Å². The van der Waals surface area contributed by atoms with Gasteiger partial charge in [-0.15, -0.1) is 0 Å². The van der Waals surface area contributed by atoms with Crippen molar-refractivity contribution in [1.82, 2.24) is 15.2 Å². The average molecular weight is 503 g/mol. The number of H-pyrrole nitrogens is 1. The number of amides is 4. The van der Waals surface area contributed by atoms with Crippen molar-refractivity contribution >= 4 is 34.4 Å². The number of ether oxygens (including phenoxy) is 1. The molecule has 0 aliphatic carbocycles. The molecule has 5 rings (SSSR count). The lowest BCUT2D eigenvalue weighted by molar-refractivity contribution is -0.125. The molecule has 37 heavy (non-hydrogen) atoms. The van der Waals surface area contributed by atoms with Crippen LogP contribution in [0.15, 0.2) is 42.5 Å². The molecule has 4 amide bonds. The zero-order valence-corrected chi connectivity index (χ0v) is 21.9. The molecule has 0 radical (unpaired) electrons. The van der Waals surface area contributed by atoms with Gasteiger partial charge in [0.25, 0.3) is 11.8 Å². The van der Waals surface area contributed by atoms with Crippen LogP contribution in [0.2, 0.25) is 0 Å². The Hall–Kier alpha value is -3.81. The number of rotatable bonds is 8. The van der Waals surface area contributed by atoms with Gasteiger partial charge in [-0.3, -0.25) is 9.59 Å². The van der Waals surface area contributed by atoms with Gasteiger partial charge in [-0.1, -0.05) is 26.2 Å². The van der Waals surface area contributed by atoms with E-state index >= 15 is 0 Å². The van der Waals surface area contributed by atoms with Gasteiger partial charge in [0.05, 0.1) is 18.5 Å². The molecule has 0 bridgehead atoms. The smallest absolute Gasteiger partial charge is 0.332 e. The van der Waals surface area contributed by atoms with Crippen LogP contribution in [0.4, 0.5) is 10.5 Å². The molecule has 2 atom stereocenters. The van der Waals surface area contributed by atoms with E-state index in [9.17, 15) is 14.4 Å². The third-order valence-electron chi connectivity index (χ3n) is 7.77. The number of nitrogens with one attached hydrogen (secondary N) is 2. The van der Waals surface area contributed by atoms with Crippen LogP contribution in [-0.2, 0) is 16.8 Å². The summed E-state index contributed by atoms with van der Waals surface area (Å²) in [6.45, 7) is 6.41. The summed E-state index contributed by atoms with van der Waals surface area (Å²) in [5.74, 6) is 0.285. The summed E-state index contributed by atoms with van der Waals surface area (Å²) >= 11 is 0. The number of urea groups is 1. The number of imide groups is 1. The molecule has 194 valence electrons. The molecule has 1 fully saturated rings. The van der Waals surface area contributed by atoms with Crippen LogP contribution in [0.3, 0.4) is 0 Å². The molecule has 0 saturated carbocycles. The number of unbranched alkanes of at least 4 members (excludes halogenated alkanes) is 2. The normalized spacial score (nSPS) is 19.7. The molecule has 2 aromatic carbocycles. The van der Waals surface area contributed by atoms with Crippen LogP contribution >= 0.6 is 0 Å². The minimum Gasteiger partial charge on any atom is -0.497 e. The van der Waals surface area contributed by atoms with Crippen LogP contribution in [-0.4, -0.2) is 47.4 Å². The largest absolute Gasteiger partial charge is 0.497 e. The topological polar surface area (TPSA) is 94.7 Å². The minimum absolute atomic E-state index is 0.0850. The molecule has 3 heterocycles. The lowest BCUT2D eigenvalue weighted by atomic mass is 9.87. The van der Waals surface area contributed by atoms with Gasteiger partial charge in [0.1, 0.15) is 5.75 Å². The highest BCUT2D eigenvalue weighted by molar-refractivity contribution is 6.23. The second-order valence-electron chi connectivity index (χ2n) is 10.2. The first-order valence-electron chi connectivity index (χ1n) is 13.1. The Morgan fingerprint density at radius 3 is 2.62 bits per heavy atom. The van der Waals surface area contributed by atoms with Gasteiger partial charge < -0.3 is 19.9 Å². The summed E-state index contributed by atoms with van der Waals surface area (Å²) in [6.07, 6.45) is 4.95. The van der Waals surface area contributed by atoms with E-state index < -0.39 is 5.54 Å². The first-order valence-corrected chi connectivity index (χ1v) is 13.1. The number of nitrogens with zero attached hydrogens (tertiary/aromatic N) is 2. The highest BCUT2D eigenvalue weighted by atomic mass is 16.5. The molecule has 8 nitrogen and oxygen atoms in total. The van der Waals surface area contributed by atoms with E-state index in [-0.39, 0.29) is 23.9 Å². The van der Waals surface area contributed by atoms with Gasteiger partial charge in [-0.2, -0.15) is 0 Å². The molecule has 2 N–H and O–H groups in total. The van der Waals surface area contributed by atoms with Crippen molar-refractivity contribution < 1.29 is 19.1 Å². The molecular formula is C29H34N4O4. The number of carbonyl (C=O) groups excluding carboxylic acids is 3. The second-order valence-corrected chi connectivity index (χ2v) is 10.2. The predicted octanol–water partition coefficient (Wildman–Crippen LogP) is 5.12. The first-order chi connectivity index (χ1) is 17.8. The number of hydrogen-bond donors (Lipinski definition) is 2. The van der Waals surface area contributed by atoms with Crippen molar-refractivity contribution in [3.8, 4) is 5.75 Å². The first kappa shape index (κ1) is 24.9. The van der Waals surface area contributed by atoms with Crippen molar-refractivity contribution in [2.75, 3.05) is 18.6 Å². The number of fused-ring (bicyclic) bond motifs is 5. The minimum atomic E-state index is -1.14. The lowest BCUT2D eigenvalue weighted by Crippen LogP contribution is -2.49. The lowest BCUT2D eigenvalue weighted by Gasteiger charge is -2.35. The molecule has 0 spiro atoms. The Bertz CT molecular complexity index is 1360. The quantitative estimate of drug-likeness (QED) is 0.330. The van der Waals surface area contributed by atoms with Crippen LogP contribution < -0.4 is 15.0 Å². The van der Waals surface area contributed by atoms with E-state index in [4.69, 9.17) is 4.74 Å². The summed E-state index contributed by atoms with van der Waals surface area (Å²) in [6, 6.07) is 12.2. The van der Waals surface area contributed by atoms with Gasteiger partial charge in [0.15, 0.2) is 5.54 Å². The number of carbonyl (C=O) groups is 3. The van der Waals surface area contributed by atoms with Gasteiger partial charge in [0, 0.05) is 29.1 Å². The SMILES string of the molecule is CCCCCC(C)NC(=O)c1ccc(N2C(=O)N3CCc4c([nH]c5ccc(OC)cc45)C3(C)C2=O)cc1. The fraction of sp³-hybridized carbons (Fsp3) is 0.414. The van der Waals surface area contributed by atoms with Gasteiger partial charge in [-0.25, -0.2) is 9.69 Å². The Labute approximate surface area is 217 Å². The van der Waals surface area contributed by atoms with E-state index in [1.165, 1.54) is 4.90 Å². The molecular weight excluding hydrogens is 468 g/mol. The average Bonchev–Trinajstić information content (AvgIpc) is 3.37. The van der Waals surface area contributed by atoms with Crippen LogP contribution in [0.1, 0.15) is 68.1 Å². The standard InChI is InChI=1S/C29H34N4O4/c1-5-6-7-8-18(2)30-26(34)19-9-11-20(12-10-19)33-27(35)29(3)25-22(15-16-32(29)28(33)36)23-17-21(37-4)13-14-24(23)31-25/h9-14,17-18,31H,5-8,15-16H2,1-4H3,(H,30,34). The third-order valence-corrected chi connectivity index (χ3v) is 7.77. The fourth-order valence-corrected chi connectivity index (χ4v) is 5.62. The zero-order chi connectivity index (χ0) is 26.3. The molecule has 2 unspecified atom stereocenters. The highest BCUT2D eigenvalue weighted by Gasteiger charge is 2.59. The fourth-order valence-electron chi connectivity index (χ4n) is 5.62. The number of aromatic amines is 1. The van der Waals surface area contributed by atoms with Gasteiger partial charge in [0.2, 0.25) is 0 Å². The van der Waals surface area contributed by atoms with E-state index in [2.05, 4.69) is 17.2 Å². The second kappa shape index (κ2) is 9.57. The van der Waals surface area contributed by atoms with E-state index in [0.29, 0.717) is 24.2 Å². The molecule has 2 aliphatic heterocycles. The maximum absolute atomic E-state index is 13.9. The van der Waals surface area contributed by atoms with Gasteiger partial charge >= 0.3 is 6.03 Å². The van der Waals surface area contributed by atoms with Crippen molar-refractivity contribution in [3.63, 3.8) is 0 Å². The predicted molar refractivity (Wildman–Crippen MR) is 143 cm³/mol. The van der Waals surface area contributed by atoms with E-state index in [1.54, 1.807) is 43.2 Å². The Balaban J connectivity index is 1.40. The Kier molecular flexibility index (Phi) is 6.43. The van der Waals surface area contributed by atoms with Crippen LogP contribution in [0.25, 0.3) is 10.9 Å². The molecule has 1 saturated heterocycles. The summed E-state index contributed by atoms with van der Waals surface area (Å²) in [7, 11) is 1.63. The van der Waals surface area contributed by atoms with Crippen molar-refractivity contribution in [1.29, 1.82) is 0 Å². The maximum Gasteiger partial charge on any atom is 0.332 e. The number of benzene rings is 2. The zero-order valence-electron chi connectivity index (χ0n) is 21.9.